The van der Waals surface area contributed by atoms with Gasteiger partial charge in [-0.1, -0.05) is 23.8 Å². The highest BCUT2D eigenvalue weighted by Gasteiger charge is 2.34. The zero-order valence-corrected chi connectivity index (χ0v) is 15.2. The zero-order valence-electron chi connectivity index (χ0n) is 15.2. The Morgan fingerprint density at radius 3 is 2.48 bits per heavy atom. The van der Waals surface area contributed by atoms with Crippen LogP contribution in [0.15, 0.2) is 42.5 Å². The van der Waals surface area contributed by atoms with Crippen LogP contribution < -0.4 is 5.32 Å². The first kappa shape index (κ1) is 18.5. The van der Waals surface area contributed by atoms with Gasteiger partial charge in [-0.15, -0.1) is 0 Å². The molecule has 0 unspecified atom stereocenters. The molecule has 138 valence electrons. The lowest BCUT2D eigenvalue weighted by atomic mass is 10.1. The first-order chi connectivity index (χ1) is 12.9. The summed E-state index contributed by atoms with van der Waals surface area (Å²) in [5.74, 6) is -0.937. The number of carbonyl (C=O) groups excluding carboxylic acids is 4. The second-order valence-corrected chi connectivity index (χ2v) is 6.60. The highest BCUT2D eigenvalue weighted by molar-refractivity contribution is 6.21. The van der Waals surface area contributed by atoms with E-state index in [0.717, 1.165) is 5.56 Å². The first-order valence-corrected chi connectivity index (χ1v) is 8.74. The lowest BCUT2D eigenvalue weighted by Crippen LogP contribution is -2.31. The van der Waals surface area contributed by atoms with Gasteiger partial charge in [0.2, 0.25) is 5.91 Å². The van der Waals surface area contributed by atoms with Crippen LogP contribution in [0.5, 0.6) is 0 Å². The van der Waals surface area contributed by atoms with Crippen molar-refractivity contribution in [3.05, 3.63) is 64.7 Å². The van der Waals surface area contributed by atoms with Crippen LogP contribution in [-0.4, -0.2) is 34.9 Å². The number of imide groups is 1. The number of rotatable bonds is 6. The van der Waals surface area contributed by atoms with Crippen molar-refractivity contribution in [1.29, 1.82) is 0 Å². The van der Waals surface area contributed by atoms with Gasteiger partial charge < -0.3 is 5.32 Å². The van der Waals surface area contributed by atoms with Gasteiger partial charge >= 0.3 is 0 Å². The molecule has 0 saturated heterocycles. The fourth-order valence-corrected chi connectivity index (χ4v) is 3.04. The van der Waals surface area contributed by atoms with Gasteiger partial charge in [-0.05, 0) is 44.5 Å². The Kier molecular flexibility index (Phi) is 5.16. The molecule has 1 aliphatic rings. The van der Waals surface area contributed by atoms with E-state index in [4.69, 9.17) is 0 Å². The highest BCUT2D eigenvalue weighted by Crippen LogP contribution is 2.24. The summed E-state index contributed by atoms with van der Waals surface area (Å²) in [5, 5.41) is 2.73. The van der Waals surface area contributed by atoms with Gasteiger partial charge in [0, 0.05) is 24.2 Å². The molecule has 6 nitrogen and oxygen atoms in total. The van der Waals surface area contributed by atoms with Crippen molar-refractivity contribution in [2.24, 2.45) is 0 Å². The maximum absolute atomic E-state index is 12.4. The molecule has 0 fully saturated rings. The Balaban J connectivity index is 1.55. The molecule has 0 aliphatic carbocycles. The number of amides is 3. The minimum absolute atomic E-state index is 0.0769. The van der Waals surface area contributed by atoms with Crippen molar-refractivity contribution in [3.8, 4) is 0 Å². The molecule has 27 heavy (non-hydrogen) atoms. The van der Waals surface area contributed by atoms with Crippen LogP contribution >= 0.6 is 0 Å². The van der Waals surface area contributed by atoms with Gasteiger partial charge in [-0.2, -0.15) is 0 Å². The third-order valence-electron chi connectivity index (χ3n) is 4.46. The molecule has 0 bridgehead atoms. The summed E-state index contributed by atoms with van der Waals surface area (Å²) >= 11 is 0. The van der Waals surface area contributed by atoms with E-state index < -0.39 is 0 Å². The number of benzene rings is 2. The van der Waals surface area contributed by atoms with Gasteiger partial charge in [0.1, 0.15) is 0 Å². The van der Waals surface area contributed by atoms with Crippen LogP contribution in [-0.2, 0) is 4.79 Å². The topological polar surface area (TPSA) is 83.6 Å². The fraction of sp³-hybridized carbons (Fsp3) is 0.238. The summed E-state index contributed by atoms with van der Waals surface area (Å²) in [6.07, 6.45) is 0.527. The van der Waals surface area contributed by atoms with E-state index in [2.05, 4.69) is 5.32 Å². The fourth-order valence-electron chi connectivity index (χ4n) is 3.04. The van der Waals surface area contributed by atoms with Gasteiger partial charge in [0.15, 0.2) is 5.78 Å². The number of Topliss-reactive ketones (excluding diaryl/α,β-unsaturated/α-hetero) is 1. The third kappa shape index (κ3) is 3.95. The maximum Gasteiger partial charge on any atom is 0.261 e. The second-order valence-electron chi connectivity index (χ2n) is 6.60. The van der Waals surface area contributed by atoms with Crippen LogP contribution in [0.4, 0.5) is 5.69 Å². The monoisotopic (exact) mass is 364 g/mol. The average Bonchev–Trinajstić information content (AvgIpc) is 2.86. The standard InChI is InChI=1S/C21H20N2O4/c1-13-8-9-17-18(11-13)21(27)23(20(17)26)10-4-7-19(25)22-16-6-3-5-15(12-16)14(2)24/h3,5-6,8-9,11-12H,4,7,10H2,1-2H3,(H,22,25). The Labute approximate surface area is 157 Å². The van der Waals surface area contributed by atoms with Crippen LogP contribution in [0, 0.1) is 6.92 Å². The molecule has 3 rings (SSSR count). The molecule has 1 heterocycles. The van der Waals surface area contributed by atoms with Crippen molar-refractivity contribution in [1.82, 2.24) is 4.90 Å². The molecular weight excluding hydrogens is 344 g/mol. The van der Waals surface area contributed by atoms with Gasteiger partial charge in [0.05, 0.1) is 11.1 Å². The Bertz CT molecular complexity index is 949. The summed E-state index contributed by atoms with van der Waals surface area (Å²) < 4.78 is 0. The molecule has 3 amide bonds. The van der Waals surface area contributed by atoms with Crippen LogP contribution in [0.2, 0.25) is 0 Å². The van der Waals surface area contributed by atoms with Crippen molar-refractivity contribution >= 4 is 29.2 Å². The molecule has 1 aliphatic heterocycles. The molecule has 0 radical (unpaired) electrons. The third-order valence-corrected chi connectivity index (χ3v) is 4.46. The molecule has 1 N–H and O–H groups in total. The van der Waals surface area contributed by atoms with Crippen molar-refractivity contribution in [3.63, 3.8) is 0 Å². The van der Waals surface area contributed by atoms with E-state index in [1.165, 1.54) is 11.8 Å². The number of aryl methyl sites for hydroxylation is 1. The lowest BCUT2D eigenvalue weighted by Gasteiger charge is -2.13. The van der Waals surface area contributed by atoms with E-state index in [1.807, 2.05) is 6.92 Å². The van der Waals surface area contributed by atoms with Crippen LogP contribution in [0.1, 0.15) is 56.4 Å². The van der Waals surface area contributed by atoms with Crippen molar-refractivity contribution in [2.45, 2.75) is 26.7 Å². The Morgan fingerprint density at radius 2 is 1.74 bits per heavy atom. The van der Waals surface area contributed by atoms with Crippen LogP contribution in [0.25, 0.3) is 0 Å². The summed E-state index contributed by atoms with van der Waals surface area (Å²) in [7, 11) is 0. The summed E-state index contributed by atoms with van der Waals surface area (Å²) in [4.78, 5) is 49.5. The zero-order chi connectivity index (χ0) is 19.6. The number of fused-ring (bicyclic) bond motifs is 1. The number of nitrogens with zero attached hydrogens (tertiary/aromatic N) is 1. The minimum atomic E-state index is -0.315. The quantitative estimate of drug-likeness (QED) is 0.630. The predicted molar refractivity (Wildman–Crippen MR) is 101 cm³/mol. The molecule has 0 saturated carbocycles. The molecule has 2 aromatic carbocycles. The van der Waals surface area contributed by atoms with E-state index >= 15 is 0 Å². The molecule has 6 heteroatoms. The number of anilines is 1. The van der Waals surface area contributed by atoms with Gasteiger partial charge in [-0.25, -0.2) is 0 Å². The average molecular weight is 364 g/mol. The SMILES string of the molecule is CC(=O)c1cccc(NC(=O)CCCN2C(=O)c3ccc(C)cc3C2=O)c1. The lowest BCUT2D eigenvalue weighted by molar-refractivity contribution is -0.116. The van der Waals surface area contributed by atoms with Crippen molar-refractivity contribution < 1.29 is 19.2 Å². The Morgan fingerprint density at radius 1 is 1.00 bits per heavy atom. The predicted octanol–water partition coefficient (Wildman–Crippen LogP) is 3.21. The summed E-state index contributed by atoms with van der Waals surface area (Å²) in [6, 6.07) is 11.9. The smallest absolute Gasteiger partial charge is 0.261 e. The second kappa shape index (κ2) is 7.53. The summed E-state index contributed by atoms with van der Waals surface area (Å²) in [5.41, 5.74) is 2.82. The van der Waals surface area contributed by atoms with Crippen molar-refractivity contribution in [2.75, 3.05) is 11.9 Å². The number of carbonyl (C=O) groups is 4. The van der Waals surface area contributed by atoms with E-state index in [-0.39, 0.29) is 36.5 Å². The summed E-state index contributed by atoms with van der Waals surface area (Å²) in [6.45, 7) is 3.52. The normalized spacial score (nSPS) is 12.9. The molecule has 2 aromatic rings. The minimum Gasteiger partial charge on any atom is -0.326 e. The van der Waals surface area contributed by atoms with Gasteiger partial charge in [-0.3, -0.25) is 24.1 Å². The van der Waals surface area contributed by atoms with Crippen LogP contribution in [0.3, 0.4) is 0 Å². The van der Waals surface area contributed by atoms with Gasteiger partial charge in [0.25, 0.3) is 11.8 Å². The number of hydrogen-bond acceptors (Lipinski definition) is 4. The molecule has 0 aromatic heterocycles. The Hall–Kier alpha value is -3.28. The number of ketones is 1. The van der Waals surface area contributed by atoms with E-state index in [1.54, 1.807) is 42.5 Å². The molecule has 0 spiro atoms. The number of nitrogens with one attached hydrogen (secondary N) is 1. The maximum atomic E-state index is 12.4. The molecule has 0 atom stereocenters. The highest BCUT2D eigenvalue weighted by atomic mass is 16.2. The first-order valence-electron chi connectivity index (χ1n) is 8.74. The van der Waals surface area contributed by atoms with E-state index in [0.29, 0.717) is 28.8 Å². The van der Waals surface area contributed by atoms with E-state index in [9.17, 15) is 19.2 Å². The largest absolute Gasteiger partial charge is 0.326 e. The number of hydrogen-bond donors (Lipinski definition) is 1. The molecular formula is C21H20N2O4.